The van der Waals surface area contributed by atoms with Crippen LogP contribution in [-0.4, -0.2) is 18.3 Å². The van der Waals surface area contributed by atoms with E-state index in [-0.39, 0.29) is 5.69 Å². The van der Waals surface area contributed by atoms with E-state index in [9.17, 15) is 10.1 Å². The van der Waals surface area contributed by atoms with Crippen LogP contribution in [0.15, 0.2) is 54.6 Å². The number of aryl methyl sites for hydroxylation is 1. The molecule has 0 aliphatic heterocycles. The Morgan fingerprint density at radius 3 is 2.00 bits per heavy atom. The monoisotopic (exact) mass is 302 g/mol. The predicted molar refractivity (Wildman–Crippen MR) is 88.8 cm³/mol. The molecular weight excluding hydrogens is 280 g/mol. The fourth-order valence-electron chi connectivity index (χ4n) is 1.47. The van der Waals surface area contributed by atoms with Gasteiger partial charge in [0.05, 0.1) is 4.92 Å². The second-order valence-corrected chi connectivity index (χ2v) is 4.34. The highest BCUT2D eigenvalue weighted by Crippen LogP contribution is 2.10. The van der Waals surface area contributed by atoms with Crippen LogP contribution in [-0.2, 0) is 11.3 Å². The molecule has 0 aliphatic rings. The highest BCUT2D eigenvalue weighted by Gasteiger charge is 2.00. The molecule has 0 fully saturated rings. The molecule has 0 saturated carbocycles. The number of hydrogen-bond acceptors (Lipinski definition) is 4. The van der Waals surface area contributed by atoms with Crippen molar-refractivity contribution in [3.8, 4) is 0 Å². The van der Waals surface area contributed by atoms with Gasteiger partial charge in [0.1, 0.15) is 6.29 Å². The molecule has 2 aromatic carbocycles. The topological polar surface area (TPSA) is 72.2 Å². The number of hydrogen-bond donors (Lipinski definition) is 1. The molecule has 0 bridgehead atoms. The maximum Gasteiger partial charge on any atom is 0.269 e. The van der Waals surface area contributed by atoms with Crippen molar-refractivity contribution in [1.82, 2.24) is 5.32 Å². The quantitative estimate of drug-likeness (QED) is 0.535. The van der Waals surface area contributed by atoms with E-state index in [1.54, 1.807) is 12.1 Å². The van der Waals surface area contributed by atoms with Crippen LogP contribution in [0.5, 0.6) is 0 Å². The van der Waals surface area contributed by atoms with E-state index in [0.717, 1.165) is 18.4 Å². The van der Waals surface area contributed by atoms with Crippen molar-refractivity contribution >= 4 is 12.0 Å². The van der Waals surface area contributed by atoms with Gasteiger partial charge in [-0.15, -0.1) is 0 Å². The Bertz CT molecular complexity index is 540. The number of non-ortho nitro benzene ring substituents is 1. The standard InChI is InChI=1S/C8H11N.C7H7NO2.C2H4O/c1-9-7-8-5-3-2-4-6-8;1-6-2-4-7(5-3-6)8(9)10;1-2-3/h2-6,9H,7H2,1H3;2-5H,1H3;2H,1H3. The molecule has 5 nitrogen and oxygen atoms in total. The average Bonchev–Trinajstić information content (AvgIpc) is 2.50. The minimum atomic E-state index is -0.403. The number of nitro benzene ring substituents is 1. The molecule has 0 heterocycles. The number of nitro groups is 1. The van der Waals surface area contributed by atoms with Gasteiger partial charge >= 0.3 is 0 Å². The molecule has 22 heavy (non-hydrogen) atoms. The van der Waals surface area contributed by atoms with Crippen molar-refractivity contribution in [3.05, 3.63) is 75.8 Å². The number of nitrogens with one attached hydrogen (secondary N) is 1. The van der Waals surface area contributed by atoms with Crippen LogP contribution in [0.4, 0.5) is 5.69 Å². The third-order valence-corrected chi connectivity index (χ3v) is 2.47. The molecule has 0 spiro atoms. The van der Waals surface area contributed by atoms with Gasteiger partial charge in [-0.05, 0) is 26.5 Å². The Labute approximate surface area is 131 Å². The first kappa shape index (κ1) is 19.5. The van der Waals surface area contributed by atoms with Crippen LogP contribution in [0.2, 0.25) is 0 Å². The number of carbonyl (C=O) groups excluding carboxylic acids is 1. The van der Waals surface area contributed by atoms with Crippen LogP contribution in [0, 0.1) is 17.0 Å². The van der Waals surface area contributed by atoms with Crippen molar-refractivity contribution in [3.63, 3.8) is 0 Å². The Kier molecular flexibility index (Phi) is 10.8. The van der Waals surface area contributed by atoms with Crippen molar-refractivity contribution in [2.24, 2.45) is 0 Å². The van der Waals surface area contributed by atoms with Crippen LogP contribution in [0.3, 0.4) is 0 Å². The zero-order valence-corrected chi connectivity index (χ0v) is 13.2. The highest BCUT2D eigenvalue weighted by molar-refractivity contribution is 5.44. The van der Waals surface area contributed by atoms with Crippen LogP contribution >= 0.6 is 0 Å². The summed E-state index contributed by atoms with van der Waals surface area (Å²) in [5, 5.41) is 13.2. The van der Waals surface area contributed by atoms with E-state index in [4.69, 9.17) is 4.79 Å². The first-order valence-corrected chi connectivity index (χ1v) is 6.84. The van der Waals surface area contributed by atoms with Crippen molar-refractivity contribution in [1.29, 1.82) is 0 Å². The SMILES string of the molecule is CC=O.CNCc1ccccc1.Cc1ccc([N+](=O)[O-])cc1. The molecule has 0 atom stereocenters. The predicted octanol–water partition coefficient (Wildman–Crippen LogP) is 3.51. The van der Waals surface area contributed by atoms with Crippen molar-refractivity contribution in [2.45, 2.75) is 20.4 Å². The molecule has 0 saturated heterocycles. The minimum Gasteiger partial charge on any atom is -0.316 e. The maximum atomic E-state index is 10.1. The zero-order valence-electron chi connectivity index (χ0n) is 13.2. The summed E-state index contributed by atoms with van der Waals surface area (Å²) in [6.45, 7) is 4.30. The second-order valence-electron chi connectivity index (χ2n) is 4.34. The smallest absolute Gasteiger partial charge is 0.269 e. The number of rotatable bonds is 3. The Hall–Kier alpha value is -2.53. The summed E-state index contributed by atoms with van der Waals surface area (Å²) in [5.41, 5.74) is 2.51. The van der Waals surface area contributed by atoms with E-state index in [2.05, 4.69) is 17.4 Å². The van der Waals surface area contributed by atoms with E-state index in [1.165, 1.54) is 24.6 Å². The van der Waals surface area contributed by atoms with Crippen LogP contribution < -0.4 is 5.32 Å². The fourth-order valence-corrected chi connectivity index (χ4v) is 1.47. The van der Waals surface area contributed by atoms with Gasteiger partial charge < -0.3 is 10.1 Å². The molecule has 2 aromatic rings. The normalized spacial score (nSPS) is 8.68. The van der Waals surface area contributed by atoms with Crippen molar-refractivity contribution < 1.29 is 9.72 Å². The molecule has 2 rings (SSSR count). The summed E-state index contributed by atoms with van der Waals surface area (Å²) < 4.78 is 0. The van der Waals surface area contributed by atoms with E-state index in [0.29, 0.717) is 0 Å². The Balaban J connectivity index is 0.000000342. The van der Waals surface area contributed by atoms with Crippen LogP contribution in [0.25, 0.3) is 0 Å². The molecule has 118 valence electrons. The third-order valence-electron chi connectivity index (χ3n) is 2.47. The van der Waals surface area contributed by atoms with Gasteiger partial charge in [0.25, 0.3) is 5.69 Å². The van der Waals surface area contributed by atoms with Gasteiger partial charge in [-0.3, -0.25) is 10.1 Å². The summed E-state index contributed by atoms with van der Waals surface area (Å²) >= 11 is 0. The number of nitrogens with zero attached hydrogens (tertiary/aromatic N) is 1. The third kappa shape index (κ3) is 9.39. The Morgan fingerprint density at radius 2 is 1.59 bits per heavy atom. The zero-order chi connectivity index (χ0) is 16.8. The lowest BCUT2D eigenvalue weighted by Gasteiger charge is -1.95. The van der Waals surface area contributed by atoms with E-state index < -0.39 is 4.92 Å². The van der Waals surface area contributed by atoms with Crippen LogP contribution in [0.1, 0.15) is 18.1 Å². The second kappa shape index (κ2) is 12.2. The summed E-state index contributed by atoms with van der Waals surface area (Å²) in [6, 6.07) is 16.8. The summed E-state index contributed by atoms with van der Waals surface area (Å²) in [7, 11) is 1.95. The largest absolute Gasteiger partial charge is 0.316 e. The van der Waals surface area contributed by atoms with Gasteiger partial charge in [-0.2, -0.15) is 0 Å². The molecule has 0 radical (unpaired) electrons. The lowest BCUT2D eigenvalue weighted by atomic mass is 10.2. The average molecular weight is 302 g/mol. The van der Waals surface area contributed by atoms with Gasteiger partial charge in [-0.25, -0.2) is 0 Å². The Morgan fingerprint density at radius 1 is 1.09 bits per heavy atom. The molecule has 0 aliphatic carbocycles. The molecule has 0 aromatic heterocycles. The minimum absolute atomic E-state index is 0.144. The highest BCUT2D eigenvalue weighted by atomic mass is 16.6. The van der Waals surface area contributed by atoms with Gasteiger partial charge in [0.2, 0.25) is 0 Å². The number of benzene rings is 2. The molecule has 0 amide bonds. The van der Waals surface area contributed by atoms with Gasteiger partial charge in [0, 0.05) is 18.7 Å². The first-order chi connectivity index (χ1) is 10.5. The fraction of sp³-hybridized carbons (Fsp3) is 0.235. The van der Waals surface area contributed by atoms with Crippen molar-refractivity contribution in [2.75, 3.05) is 7.05 Å². The lowest BCUT2D eigenvalue weighted by Crippen LogP contribution is -2.04. The van der Waals surface area contributed by atoms with E-state index in [1.807, 2.05) is 32.2 Å². The van der Waals surface area contributed by atoms with Gasteiger partial charge in [0.15, 0.2) is 0 Å². The number of carbonyl (C=O) groups is 1. The molecular formula is C17H22N2O3. The molecule has 5 heteroatoms. The summed E-state index contributed by atoms with van der Waals surface area (Å²) in [5.74, 6) is 0. The maximum absolute atomic E-state index is 10.1. The first-order valence-electron chi connectivity index (χ1n) is 6.84. The molecule has 0 unspecified atom stereocenters. The summed E-state index contributed by atoms with van der Waals surface area (Å²) in [4.78, 5) is 18.5. The summed E-state index contributed by atoms with van der Waals surface area (Å²) in [6.07, 6.45) is 0.750. The lowest BCUT2D eigenvalue weighted by molar-refractivity contribution is -0.384. The van der Waals surface area contributed by atoms with E-state index >= 15 is 0 Å². The van der Waals surface area contributed by atoms with Gasteiger partial charge in [-0.1, -0.05) is 48.0 Å². The molecule has 1 N–H and O–H groups in total. The number of aldehydes is 1.